The molecule has 18 heavy (non-hydrogen) atoms. The van der Waals surface area contributed by atoms with Crippen LogP contribution in [0.4, 0.5) is 0 Å². The van der Waals surface area contributed by atoms with Crippen LogP contribution in [-0.2, 0) is 16.0 Å². The Morgan fingerprint density at radius 3 is 2.89 bits per heavy atom. The number of carboxylic acids is 1. The van der Waals surface area contributed by atoms with E-state index in [1.54, 1.807) is 18.2 Å². The summed E-state index contributed by atoms with van der Waals surface area (Å²) in [5, 5.41) is 21.0. The summed E-state index contributed by atoms with van der Waals surface area (Å²) >= 11 is 0. The summed E-state index contributed by atoms with van der Waals surface area (Å²) < 4.78 is 0. The van der Waals surface area contributed by atoms with Crippen molar-refractivity contribution >= 4 is 11.9 Å². The van der Waals surface area contributed by atoms with Gasteiger partial charge in [0.05, 0.1) is 18.4 Å². The van der Waals surface area contributed by atoms with E-state index in [2.05, 4.69) is 5.32 Å². The van der Waals surface area contributed by atoms with Gasteiger partial charge in [0.25, 0.3) is 0 Å². The minimum Gasteiger partial charge on any atom is -0.508 e. The quantitative estimate of drug-likeness (QED) is 0.735. The fourth-order valence-corrected chi connectivity index (χ4v) is 2.31. The van der Waals surface area contributed by atoms with E-state index in [0.717, 1.165) is 11.1 Å². The third-order valence-corrected chi connectivity index (χ3v) is 3.21. The zero-order valence-corrected chi connectivity index (χ0v) is 10.0. The van der Waals surface area contributed by atoms with Gasteiger partial charge in [-0.15, -0.1) is 0 Å². The van der Waals surface area contributed by atoms with E-state index < -0.39 is 11.9 Å². The van der Waals surface area contributed by atoms with Gasteiger partial charge in [-0.2, -0.15) is 0 Å². The van der Waals surface area contributed by atoms with Crippen molar-refractivity contribution in [2.45, 2.75) is 25.8 Å². The second kappa shape index (κ2) is 4.68. The maximum absolute atomic E-state index is 11.9. The maximum Gasteiger partial charge on any atom is 0.304 e. The van der Waals surface area contributed by atoms with Crippen LogP contribution in [-0.4, -0.2) is 22.1 Å². The third kappa shape index (κ3) is 2.45. The van der Waals surface area contributed by atoms with Gasteiger partial charge in [-0.3, -0.25) is 9.59 Å². The van der Waals surface area contributed by atoms with E-state index in [4.69, 9.17) is 5.11 Å². The monoisotopic (exact) mass is 249 g/mol. The van der Waals surface area contributed by atoms with Gasteiger partial charge in [-0.05, 0) is 36.6 Å². The number of phenols is 1. The Bertz CT molecular complexity index is 498. The number of aliphatic carboxylic acids is 1. The molecule has 5 nitrogen and oxygen atoms in total. The number of amides is 1. The van der Waals surface area contributed by atoms with Crippen molar-refractivity contribution in [3.8, 4) is 5.75 Å². The molecule has 96 valence electrons. The Morgan fingerprint density at radius 1 is 1.50 bits per heavy atom. The van der Waals surface area contributed by atoms with Crippen molar-refractivity contribution in [3.05, 3.63) is 29.3 Å². The Balaban J connectivity index is 2.35. The Kier molecular flexibility index (Phi) is 3.23. The Hall–Kier alpha value is -2.04. The number of benzene rings is 1. The molecular weight excluding hydrogens is 234 g/mol. The van der Waals surface area contributed by atoms with Crippen LogP contribution < -0.4 is 5.32 Å². The lowest BCUT2D eigenvalue weighted by Gasteiger charge is -2.13. The number of aromatic hydroxyl groups is 1. The molecule has 2 rings (SSSR count). The minimum atomic E-state index is -0.981. The predicted molar refractivity (Wildman–Crippen MR) is 64.1 cm³/mol. The van der Waals surface area contributed by atoms with E-state index in [0.29, 0.717) is 6.42 Å². The van der Waals surface area contributed by atoms with Gasteiger partial charge in [0.2, 0.25) is 5.91 Å². The number of carboxylic acid groups (broad SMARTS) is 1. The first-order valence-corrected chi connectivity index (χ1v) is 5.81. The molecule has 0 aromatic heterocycles. The number of hydrogen-bond donors (Lipinski definition) is 3. The van der Waals surface area contributed by atoms with Crippen molar-refractivity contribution in [1.82, 2.24) is 5.32 Å². The standard InChI is InChI=1S/C13H15NO4/c1-7-11-6-10(15)3-2-8(11)4-9(5-12(16)17)13(18)14-7/h2-3,6-7,9,15H,4-5H2,1H3,(H,14,18)(H,16,17). The summed E-state index contributed by atoms with van der Waals surface area (Å²) in [5.74, 6) is -1.65. The van der Waals surface area contributed by atoms with E-state index in [1.807, 2.05) is 6.92 Å². The molecule has 1 aromatic carbocycles. The average molecular weight is 249 g/mol. The second-order valence-electron chi connectivity index (χ2n) is 4.61. The molecule has 1 amide bonds. The summed E-state index contributed by atoms with van der Waals surface area (Å²) in [7, 11) is 0. The average Bonchev–Trinajstić information content (AvgIpc) is 2.38. The summed E-state index contributed by atoms with van der Waals surface area (Å²) in [6.45, 7) is 1.82. The van der Waals surface area contributed by atoms with Gasteiger partial charge in [-0.1, -0.05) is 6.07 Å². The normalized spacial score (nSPS) is 22.8. The van der Waals surface area contributed by atoms with Gasteiger partial charge in [0.1, 0.15) is 5.75 Å². The summed E-state index contributed by atoms with van der Waals surface area (Å²) in [6.07, 6.45) is 0.205. The molecule has 1 aliphatic rings. The molecule has 2 unspecified atom stereocenters. The number of fused-ring (bicyclic) bond motifs is 1. The van der Waals surface area contributed by atoms with Gasteiger partial charge in [0, 0.05) is 0 Å². The molecule has 0 radical (unpaired) electrons. The summed E-state index contributed by atoms with van der Waals surface area (Å²) in [5.41, 5.74) is 1.75. The molecule has 3 N–H and O–H groups in total. The smallest absolute Gasteiger partial charge is 0.304 e. The van der Waals surface area contributed by atoms with Gasteiger partial charge in [0.15, 0.2) is 0 Å². The fraction of sp³-hybridized carbons (Fsp3) is 0.385. The summed E-state index contributed by atoms with van der Waals surface area (Å²) in [4.78, 5) is 22.6. The highest BCUT2D eigenvalue weighted by atomic mass is 16.4. The molecule has 0 bridgehead atoms. The second-order valence-corrected chi connectivity index (χ2v) is 4.61. The molecule has 1 heterocycles. The molecular formula is C13H15NO4. The molecule has 1 aliphatic heterocycles. The van der Waals surface area contributed by atoms with Gasteiger partial charge in [-0.25, -0.2) is 0 Å². The van der Waals surface area contributed by atoms with Crippen molar-refractivity contribution in [2.24, 2.45) is 5.92 Å². The SMILES string of the molecule is CC1NC(=O)C(CC(=O)O)Cc2ccc(O)cc21. The topological polar surface area (TPSA) is 86.6 Å². The first kappa shape index (κ1) is 12.4. The highest BCUT2D eigenvalue weighted by Gasteiger charge is 2.29. The van der Waals surface area contributed by atoms with Crippen LogP contribution in [0, 0.1) is 5.92 Å². The Labute approximate surface area is 104 Å². The van der Waals surface area contributed by atoms with Crippen molar-refractivity contribution in [3.63, 3.8) is 0 Å². The van der Waals surface area contributed by atoms with Crippen LogP contribution in [0.1, 0.15) is 30.5 Å². The number of hydrogen-bond acceptors (Lipinski definition) is 3. The van der Waals surface area contributed by atoms with Crippen LogP contribution in [0.25, 0.3) is 0 Å². The lowest BCUT2D eigenvalue weighted by Crippen LogP contribution is -2.32. The van der Waals surface area contributed by atoms with E-state index in [-0.39, 0.29) is 24.1 Å². The Morgan fingerprint density at radius 2 is 2.22 bits per heavy atom. The van der Waals surface area contributed by atoms with Gasteiger partial charge < -0.3 is 15.5 Å². The van der Waals surface area contributed by atoms with Crippen LogP contribution in [0.2, 0.25) is 0 Å². The zero-order chi connectivity index (χ0) is 13.3. The van der Waals surface area contributed by atoms with Crippen molar-refractivity contribution < 1.29 is 19.8 Å². The van der Waals surface area contributed by atoms with Crippen LogP contribution in [0.5, 0.6) is 5.75 Å². The van der Waals surface area contributed by atoms with E-state index >= 15 is 0 Å². The highest BCUT2D eigenvalue weighted by Crippen LogP contribution is 2.29. The summed E-state index contributed by atoms with van der Waals surface area (Å²) in [6, 6.07) is 4.69. The molecule has 2 atom stereocenters. The molecule has 5 heteroatoms. The number of nitrogens with one attached hydrogen (secondary N) is 1. The van der Waals surface area contributed by atoms with E-state index in [1.165, 1.54) is 0 Å². The maximum atomic E-state index is 11.9. The molecule has 0 saturated carbocycles. The molecule has 1 aromatic rings. The van der Waals surface area contributed by atoms with Crippen LogP contribution >= 0.6 is 0 Å². The molecule has 0 saturated heterocycles. The molecule has 0 aliphatic carbocycles. The number of carbonyl (C=O) groups excluding carboxylic acids is 1. The minimum absolute atomic E-state index is 0.145. The van der Waals surface area contributed by atoms with Gasteiger partial charge >= 0.3 is 5.97 Å². The first-order chi connectivity index (χ1) is 8.47. The lowest BCUT2D eigenvalue weighted by atomic mass is 9.93. The van der Waals surface area contributed by atoms with Crippen molar-refractivity contribution in [2.75, 3.05) is 0 Å². The lowest BCUT2D eigenvalue weighted by molar-refractivity contribution is -0.141. The third-order valence-electron chi connectivity index (χ3n) is 3.21. The van der Waals surface area contributed by atoms with Crippen LogP contribution in [0.3, 0.4) is 0 Å². The number of phenolic OH excluding ortho intramolecular Hbond substituents is 1. The predicted octanol–water partition coefficient (Wildman–Crippen LogP) is 1.22. The van der Waals surface area contributed by atoms with Crippen LogP contribution in [0.15, 0.2) is 18.2 Å². The van der Waals surface area contributed by atoms with Crippen molar-refractivity contribution in [1.29, 1.82) is 0 Å². The first-order valence-electron chi connectivity index (χ1n) is 5.81. The highest BCUT2D eigenvalue weighted by molar-refractivity contribution is 5.84. The fourth-order valence-electron chi connectivity index (χ4n) is 2.31. The molecule has 0 spiro atoms. The number of carbonyl (C=O) groups is 2. The number of rotatable bonds is 2. The largest absolute Gasteiger partial charge is 0.508 e. The zero-order valence-electron chi connectivity index (χ0n) is 10.0. The molecule has 0 fully saturated rings. The van der Waals surface area contributed by atoms with E-state index in [9.17, 15) is 14.7 Å².